The number of carbonyl (C=O) groups is 1. The van der Waals surface area contributed by atoms with Crippen molar-refractivity contribution >= 4 is 38.5 Å². The predicted octanol–water partition coefficient (Wildman–Crippen LogP) is 2.32. The third-order valence-corrected chi connectivity index (χ3v) is 4.82. The van der Waals surface area contributed by atoms with Gasteiger partial charge in [-0.25, -0.2) is 19.2 Å². The van der Waals surface area contributed by atoms with Gasteiger partial charge in [-0.3, -0.25) is 5.32 Å². The fourth-order valence-corrected chi connectivity index (χ4v) is 3.58. The van der Waals surface area contributed by atoms with E-state index < -0.39 is 11.8 Å². The standard InChI is InChI=1S/C14H15FN6OS/c1-17-13(22)20-12-11-10(9(15)6-18-12)19-14(23-11)21-4-2-3-8(5-16)7-21/h6,8H,2-4,7H2,1H3,(H2,17,18,20,22)/t8-/m1/s1. The van der Waals surface area contributed by atoms with Crippen LogP contribution in [-0.2, 0) is 0 Å². The van der Waals surface area contributed by atoms with Gasteiger partial charge in [-0.15, -0.1) is 0 Å². The lowest BCUT2D eigenvalue weighted by Crippen LogP contribution is -2.34. The summed E-state index contributed by atoms with van der Waals surface area (Å²) < 4.78 is 14.5. The Labute approximate surface area is 136 Å². The van der Waals surface area contributed by atoms with Crippen molar-refractivity contribution in [2.75, 3.05) is 30.4 Å². The summed E-state index contributed by atoms with van der Waals surface area (Å²) >= 11 is 1.27. The highest BCUT2D eigenvalue weighted by Crippen LogP contribution is 2.35. The molecule has 1 atom stereocenters. The first kappa shape index (κ1) is 15.4. The van der Waals surface area contributed by atoms with Crippen LogP contribution in [0.5, 0.6) is 0 Å². The van der Waals surface area contributed by atoms with E-state index in [-0.39, 0.29) is 17.3 Å². The van der Waals surface area contributed by atoms with Crippen molar-refractivity contribution in [2.24, 2.45) is 5.92 Å². The van der Waals surface area contributed by atoms with E-state index in [1.165, 1.54) is 18.4 Å². The van der Waals surface area contributed by atoms with Gasteiger partial charge >= 0.3 is 6.03 Å². The van der Waals surface area contributed by atoms with E-state index in [9.17, 15) is 9.18 Å². The molecular weight excluding hydrogens is 319 g/mol. The van der Waals surface area contributed by atoms with Gasteiger partial charge in [0.2, 0.25) is 0 Å². The van der Waals surface area contributed by atoms with Gasteiger partial charge in [0.15, 0.2) is 16.8 Å². The minimum absolute atomic E-state index is 0.0396. The van der Waals surface area contributed by atoms with E-state index in [0.717, 1.165) is 25.6 Å². The molecule has 0 aromatic carbocycles. The third kappa shape index (κ3) is 3.03. The molecule has 0 spiro atoms. The van der Waals surface area contributed by atoms with Crippen molar-refractivity contribution in [3.8, 4) is 6.07 Å². The van der Waals surface area contributed by atoms with Crippen LogP contribution in [-0.4, -0.2) is 36.1 Å². The van der Waals surface area contributed by atoms with Crippen LogP contribution >= 0.6 is 11.3 Å². The summed E-state index contributed by atoms with van der Waals surface area (Å²) in [7, 11) is 1.49. The highest BCUT2D eigenvalue weighted by molar-refractivity contribution is 7.22. The number of carbonyl (C=O) groups excluding carboxylic acids is 1. The molecule has 0 unspecified atom stereocenters. The van der Waals surface area contributed by atoms with Crippen LogP contribution in [0.1, 0.15) is 12.8 Å². The Balaban J connectivity index is 1.97. The second-order valence-corrected chi connectivity index (χ2v) is 6.22. The summed E-state index contributed by atoms with van der Waals surface area (Å²) in [6.07, 6.45) is 2.82. The minimum Gasteiger partial charge on any atom is -0.347 e. The number of piperidine rings is 1. The Kier molecular flexibility index (Phi) is 4.25. The Morgan fingerprint density at radius 1 is 1.61 bits per heavy atom. The van der Waals surface area contributed by atoms with Crippen molar-refractivity contribution in [1.82, 2.24) is 15.3 Å². The number of nitrogens with zero attached hydrogens (tertiary/aromatic N) is 4. The van der Waals surface area contributed by atoms with E-state index >= 15 is 0 Å². The number of rotatable bonds is 2. The molecule has 120 valence electrons. The number of pyridine rings is 1. The third-order valence-electron chi connectivity index (χ3n) is 3.70. The topological polar surface area (TPSA) is 93.9 Å². The zero-order chi connectivity index (χ0) is 16.4. The molecule has 3 heterocycles. The second kappa shape index (κ2) is 6.34. The number of hydrogen-bond acceptors (Lipinski definition) is 6. The fourth-order valence-electron chi connectivity index (χ4n) is 2.52. The molecule has 3 rings (SSSR count). The Bertz CT molecular complexity index is 785. The molecule has 0 aliphatic carbocycles. The molecule has 2 amide bonds. The molecule has 2 N–H and O–H groups in total. The molecule has 2 aromatic rings. The molecule has 23 heavy (non-hydrogen) atoms. The van der Waals surface area contributed by atoms with Crippen molar-refractivity contribution < 1.29 is 9.18 Å². The number of amides is 2. The van der Waals surface area contributed by atoms with Gasteiger partial charge in [0.1, 0.15) is 10.2 Å². The van der Waals surface area contributed by atoms with Crippen molar-refractivity contribution in [2.45, 2.75) is 12.8 Å². The van der Waals surface area contributed by atoms with Crippen LogP contribution in [0.4, 0.5) is 20.1 Å². The number of urea groups is 1. The zero-order valence-electron chi connectivity index (χ0n) is 12.5. The molecule has 0 radical (unpaired) electrons. The van der Waals surface area contributed by atoms with Crippen LogP contribution in [0.15, 0.2) is 6.20 Å². The monoisotopic (exact) mass is 334 g/mol. The van der Waals surface area contributed by atoms with Gasteiger partial charge in [-0.05, 0) is 12.8 Å². The van der Waals surface area contributed by atoms with Gasteiger partial charge in [0.05, 0.1) is 18.2 Å². The second-order valence-electron chi connectivity index (χ2n) is 5.25. The lowest BCUT2D eigenvalue weighted by Gasteiger charge is -2.28. The highest BCUT2D eigenvalue weighted by Gasteiger charge is 2.24. The molecule has 1 fully saturated rings. The molecule has 0 bridgehead atoms. The Hall–Kier alpha value is -2.47. The molecule has 1 aliphatic heterocycles. The first-order chi connectivity index (χ1) is 11.1. The number of hydrogen-bond donors (Lipinski definition) is 2. The summed E-state index contributed by atoms with van der Waals surface area (Å²) in [4.78, 5) is 21.8. The fraction of sp³-hybridized carbons (Fsp3) is 0.429. The largest absolute Gasteiger partial charge is 0.347 e. The normalized spacial score (nSPS) is 17.8. The van der Waals surface area contributed by atoms with Crippen LogP contribution in [0.2, 0.25) is 0 Å². The summed E-state index contributed by atoms with van der Waals surface area (Å²) in [6.45, 7) is 1.37. The molecule has 7 nitrogen and oxygen atoms in total. The lowest BCUT2D eigenvalue weighted by atomic mass is 10.0. The first-order valence-corrected chi connectivity index (χ1v) is 8.02. The maximum absolute atomic E-state index is 14.0. The van der Waals surface area contributed by atoms with Crippen LogP contribution in [0.25, 0.3) is 10.2 Å². The number of anilines is 2. The predicted molar refractivity (Wildman–Crippen MR) is 86.0 cm³/mol. The smallest absolute Gasteiger partial charge is 0.320 e. The van der Waals surface area contributed by atoms with Crippen LogP contribution < -0.4 is 15.5 Å². The molecule has 2 aromatic heterocycles. The summed E-state index contributed by atoms with van der Waals surface area (Å²) in [5, 5.41) is 14.7. The van der Waals surface area contributed by atoms with Crippen molar-refractivity contribution in [3.05, 3.63) is 12.0 Å². The minimum atomic E-state index is -0.529. The van der Waals surface area contributed by atoms with E-state index in [1.807, 2.05) is 4.90 Å². The van der Waals surface area contributed by atoms with Gasteiger partial charge < -0.3 is 10.2 Å². The number of nitriles is 1. The van der Waals surface area contributed by atoms with Gasteiger partial charge in [-0.1, -0.05) is 11.3 Å². The number of fused-ring (bicyclic) bond motifs is 1. The molecule has 0 saturated carbocycles. The quantitative estimate of drug-likeness (QED) is 0.879. The van der Waals surface area contributed by atoms with Gasteiger partial charge in [0, 0.05) is 20.1 Å². The average molecular weight is 334 g/mol. The average Bonchev–Trinajstić information content (AvgIpc) is 3.04. The van der Waals surface area contributed by atoms with E-state index in [1.54, 1.807) is 0 Å². The molecule has 9 heteroatoms. The van der Waals surface area contributed by atoms with Crippen LogP contribution in [0, 0.1) is 23.1 Å². The van der Waals surface area contributed by atoms with E-state index in [2.05, 4.69) is 26.7 Å². The maximum atomic E-state index is 14.0. The summed E-state index contributed by atoms with van der Waals surface area (Å²) in [5.41, 5.74) is 0.186. The van der Waals surface area contributed by atoms with Crippen molar-refractivity contribution in [3.63, 3.8) is 0 Å². The summed E-state index contributed by atoms with van der Waals surface area (Å²) in [5.74, 6) is -0.292. The molecule has 1 aliphatic rings. The molecular formula is C14H15FN6OS. The number of halogens is 1. The maximum Gasteiger partial charge on any atom is 0.320 e. The highest BCUT2D eigenvalue weighted by atomic mass is 32.1. The van der Waals surface area contributed by atoms with E-state index in [4.69, 9.17) is 5.26 Å². The Morgan fingerprint density at radius 3 is 3.17 bits per heavy atom. The van der Waals surface area contributed by atoms with Gasteiger partial charge in [0.25, 0.3) is 0 Å². The zero-order valence-corrected chi connectivity index (χ0v) is 13.3. The molecule has 1 saturated heterocycles. The number of aromatic nitrogens is 2. The van der Waals surface area contributed by atoms with Gasteiger partial charge in [-0.2, -0.15) is 5.26 Å². The Morgan fingerprint density at radius 2 is 2.43 bits per heavy atom. The van der Waals surface area contributed by atoms with Crippen LogP contribution in [0.3, 0.4) is 0 Å². The lowest BCUT2D eigenvalue weighted by molar-refractivity contribution is 0.254. The number of thiazole rings is 1. The SMILES string of the molecule is CNC(=O)Nc1ncc(F)c2nc(N3CCC[C@H](C#N)C3)sc12. The first-order valence-electron chi connectivity index (χ1n) is 7.20. The number of nitrogens with one attached hydrogen (secondary N) is 2. The van der Waals surface area contributed by atoms with Crippen molar-refractivity contribution in [1.29, 1.82) is 5.26 Å². The van der Waals surface area contributed by atoms with E-state index in [0.29, 0.717) is 16.4 Å². The summed E-state index contributed by atoms with van der Waals surface area (Å²) in [6, 6.07) is 1.85.